The average Bonchev–Trinajstić information content (AvgIpc) is 3.17. The SMILES string of the molecule is COC(=O)c1ccc(N2CCC(c3nnc4ccccn34)CC2)c([N+](=O)[O-])c1. The number of methoxy groups -OCH3 is 1. The first-order valence-corrected chi connectivity index (χ1v) is 9.00. The Morgan fingerprint density at radius 3 is 2.71 bits per heavy atom. The zero-order valence-electron chi connectivity index (χ0n) is 15.3. The van der Waals surface area contributed by atoms with E-state index in [-0.39, 0.29) is 17.2 Å². The molecule has 2 aromatic heterocycles. The summed E-state index contributed by atoms with van der Waals surface area (Å²) >= 11 is 0. The third-order valence-corrected chi connectivity index (χ3v) is 5.13. The maximum atomic E-state index is 11.7. The van der Waals surface area contributed by atoms with E-state index in [0.717, 1.165) is 24.3 Å². The van der Waals surface area contributed by atoms with E-state index in [9.17, 15) is 14.9 Å². The molecule has 0 spiro atoms. The van der Waals surface area contributed by atoms with Crippen molar-refractivity contribution in [1.29, 1.82) is 0 Å². The number of pyridine rings is 1. The summed E-state index contributed by atoms with van der Waals surface area (Å²) < 4.78 is 6.65. The molecule has 3 aromatic rings. The van der Waals surface area contributed by atoms with Crippen molar-refractivity contribution in [3.05, 3.63) is 64.1 Å². The van der Waals surface area contributed by atoms with Crippen molar-refractivity contribution in [2.24, 2.45) is 0 Å². The number of carbonyl (C=O) groups excluding carboxylic acids is 1. The van der Waals surface area contributed by atoms with Crippen LogP contribution in [-0.4, -0.2) is 45.7 Å². The van der Waals surface area contributed by atoms with E-state index in [1.807, 2.05) is 33.7 Å². The maximum Gasteiger partial charge on any atom is 0.338 e. The lowest BCUT2D eigenvalue weighted by atomic mass is 9.95. The van der Waals surface area contributed by atoms with Crippen LogP contribution in [0.5, 0.6) is 0 Å². The van der Waals surface area contributed by atoms with Crippen LogP contribution in [0.25, 0.3) is 5.65 Å². The van der Waals surface area contributed by atoms with Gasteiger partial charge >= 0.3 is 5.97 Å². The predicted octanol–water partition coefficient (Wildman–Crippen LogP) is 2.81. The van der Waals surface area contributed by atoms with Crippen molar-refractivity contribution in [2.45, 2.75) is 18.8 Å². The fraction of sp³-hybridized carbons (Fsp3) is 0.316. The van der Waals surface area contributed by atoms with Gasteiger partial charge in [-0.15, -0.1) is 10.2 Å². The lowest BCUT2D eigenvalue weighted by Crippen LogP contribution is -2.33. The molecule has 9 heteroatoms. The quantitative estimate of drug-likeness (QED) is 0.389. The molecule has 4 rings (SSSR count). The van der Waals surface area contributed by atoms with Crippen molar-refractivity contribution in [3.63, 3.8) is 0 Å². The highest BCUT2D eigenvalue weighted by atomic mass is 16.6. The highest BCUT2D eigenvalue weighted by molar-refractivity contribution is 5.91. The van der Waals surface area contributed by atoms with Gasteiger partial charge in [-0.05, 0) is 37.1 Å². The van der Waals surface area contributed by atoms with Crippen molar-refractivity contribution in [1.82, 2.24) is 14.6 Å². The molecular formula is C19H19N5O4. The van der Waals surface area contributed by atoms with E-state index in [4.69, 9.17) is 0 Å². The van der Waals surface area contributed by atoms with Gasteiger partial charge in [0.2, 0.25) is 0 Å². The number of fused-ring (bicyclic) bond motifs is 1. The molecule has 1 aromatic carbocycles. The predicted molar refractivity (Wildman–Crippen MR) is 102 cm³/mol. The number of piperidine rings is 1. The van der Waals surface area contributed by atoms with E-state index in [1.165, 1.54) is 13.2 Å². The summed E-state index contributed by atoms with van der Waals surface area (Å²) in [5, 5.41) is 20.1. The van der Waals surface area contributed by atoms with Crippen LogP contribution in [0.1, 0.15) is 34.9 Å². The van der Waals surface area contributed by atoms with E-state index >= 15 is 0 Å². The van der Waals surface area contributed by atoms with Crippen LogP contribution in [-0.2, 0) is 4.74 Å². The van der Waals surface area contributed by atoms with Crippen LogP contribution in [0.15, 0.2) is 42.6 Å². The molecule has 0 N–H and O–H groups in total. The monoisotopic (exact) mass is 381 g/mol. The van der Waals surface area contributed by atoms with Crippen molar-refractivity contribution < 1.29 is 14.5 Å². The molecule has 1 saturated heterocycles. The molecule has 0 amide bonds. The number of rotatable bonds is 4. The van der Waals surface area contributed by atoms with Gasteiger partial charge in [-0.25, -0.2) is 4.79 Å². The number of carbonyl (C=O) groups is 1. The molecular weight excluding hydrogens is 362 g/mol. The second-order valence-electron chi connectivity index (χ2n) is 6.70. The minimum absolute atomic E-state index is 0.0886. The Labute approximate surface area is 160 Å². The second-order valence-corrected chi connectivity index (χ2v) is 6.70. The van der Waals surface area contributed by atoms with Crippen molar-refractivity contribution in [3.8, 4) is 0 Å². The number of anilines is 1. The average molecular weight is 381 g/mol. The summed E-state index contributed by atoms with van der Waals surface area (Å²) in [5.74, 6) is 0.569. The Balaban J connectivity index is 1.55. The summed E-state index contributed by atoms with van der Waals surface area (Å²) in [7, 11) is 1.25. The van der Waals surface area contributed by atoms with Gasteiger partial charge in [-0.3, -0.25) is 14.5 Å². The van der Waals surface area contributed by atoms with Crippen LogP contribution in [0.2, 0.25) is 0 Å². The van der Waals surface area contributed by atoms with Gasteiger partial charge in [0.15, 0.2) is 5.65 Å². The van der Waals surface area contributed by atoms with E-state index in [1.54, 1.807) is 12.1 Å². The number of hydrogen-bond acceptors (Lipinski definition) is 7. The van der Waals surface area contributed by atoms with Gasteiger partial charge in [0.05, 0.1) is 17.6 Å². The molecule has 0 atom stereocenters. The van der Waals surface area contributed by atoms with Crippen LogP contribution < -0.4 is 4.90 Å². The molecule has 0 aliphatic carbocycles. The fourth-order valence-electron chi connectivity index (χ4n) is 3.70. The third kappa shape index (κ3) is 3.15. The summed E-state index contributed by atoms with van der Waals surface area (Å²) in [6.45, 7) is 1.32. The minimum atomic E-state index is -0.591. The van der Waals surface area contributed by atoms with Gasteiger partial charge in [0, 0.05) is 31.3 Å². The summed E-state index contributed by atoms with van der Waals surface area (Å²) in [5.41, 5.74) is 1.41. The number of aromatic nitrogens is 3. The Morgan fingerprint density at radius 2 is 2.00 bits per heavy atom. The van der Waals surface area contributed by atoms with Crippen molar-refractivity contribution in [2.75, 3.05) is 25.1 Å². The van der Waals surface area contributed by atoms with E-state index < -0.39 is 10.9 Å². The second kappa shape index (κ2) is 7.26. The lowest BCUT2D eigenvalue weighted by molar-refractivity contribution is -0.384. The summed E-state index contributed by atoms with van der Waals surface area (Å²) in [6, 6.07) is 10.2. The van der Waals surface area contributed by atoms with Crippen LogP contribution >= 0.6 is 0 Å². The Bertz CT molecular complexity index is 1040. The number of benzene rings is 1. The number of ether oxygens (including phenoxy) is 1. The molecule has 0 radical (unpaired) electrons. The Kier molecular flexibility index (Phi) is 4.64. The van der Waals surface area contributed by atoms with Crippen LogP contribution in [0, 0.1) is 10.1 Å². The number of hydrogen-bond donors (Lipinski definition) is 0. The minimum Gasteiger partial charge on any atom is -0.465 e. The molecule has 0 unspecified atom stereocenters. The number of nitro benzene ring substituents is 1. The summed E-state index contributed by atoms with van der Waals surface area (Å²) in [4.78, 5) is 24.7. The van der Waals surface area contributed by atoms with Gasteiger partial charge < -0.3 is 9.64 Å². The van der Waals surface area contributed by atoms with Crippen LogP contribution in [0.3, 0.4) is 0 Å². The molecule has 28 heavy (non-hydrogen) atoms. The first-order chi connectivity index (χ1) is 13.6. The normalized spacial score (nSPS) is 15.0. The number of nitro groups is 1. The molecule has 1 aliphatic rings. The largest absolute Gasteiger partial charge is 0.465 e. The Hall–Kier alpha value is -3.49. The van der Waals surface area contributed by atoms with Gasteiger partial charge in [-0.2, -0.15) is 0 Å². The van der Waals surface area contributed by atoms with Crippen LogP contribution in [0.4, 0.5) is 11.4 Å². The highest BCUT2D eigenvalue weighted by Gasteiger charge is 2.28. The van der Waals surface area contributed by atoms with Gasteiger partial charge in [0.25, 0.3) is 5.69 Å². The van der Waals surface area contributed by atoms with Gasteiger partial charge in [-0.1, -0.05) is 6.07 Å². The van der Waals surface area contributed by atoms with E-state index in [0.29, 0.717) is 18.8 Å². The first-order valence-electron chi connectivity index (χ1n) is 9.00. The lowest BCUT2D eigenvalue weighted by Gasteiger charge is -2.32. The highest BCUT2D eigenvalue weighted by Crippen LogP contribution is 2.35. The fourth-order valence-corrected chi connectivity index (χ4v) is 3.70. The zero-order chi connectivity index (χ0) is 19.7. The Morgan fingerprint density at radius 1 is 1.21 bits per heavy atom. The van der Waals surface area contributed by atoms with E-state index in [2.05, 4.69) is 14.9 Å². The molecule has 3 heterocycles. The van der Waals surface area contributed by atoms with Gasteiger partial charge in [0.1, 0.15) is 11.5 Å². The van der Waals surface area contributed by atoms with Crippen molar-refractivity contribution >= 4 is 23.0 Å². The first kappa shape index (κ1) is 17.9. The summed E-state index contributed by atoms with van der Waals surface area (Å²) in [6.07, 6.45) is 3.57. The number of nitrogens with zero attached hydrogens (tertiary/aromatic N) is 5. The number of esters is 1. The molecule has 1 aliphatic heterocycles. The molecule has 0 bridgehead atoms. The molecule has 144 valence electrons. The molecule has 0 saturated carbocycles. The zero-order valence-corrected chi connectivity index (χ0v) is 15.3. The standard InChI is InChI=1S/C19H19N5O4/c1-28-19(25)14-5-6-15(16(12-14)24(26)27)22-10-7-13(8-11-22)18-21-20-17-4-2-3-9-23(17)18/h2-6,9,12-13H,7-8,10-11H2,1H3. The maximum absolute atomic E-state index is 11.7. The topological polar surface area (TPSA) is 103 Å². The smallest absolute Gasteiger partial charge is 0.338 e. The third-order valence-electron chi connectivity index (χ3n) is 5.13. The molecule has 1 fully saturated rings. The molecule has 9 nitrogen and oxygen atoms in total.